The van der Waals surface area contributed by atoms with E-state index >= 15 is 0 Å². The van der Waals surface area contributed by atoms with Crippen LogP contribution in [0.15, 0.2) is 23.2 Å². The highest BCUT2D eigenvalue weighted by Crippen LogP contribution is 2.18. The van der Waals surface area contributed by atoms with E-state index in [1.807, 2.05) is 23.6 Å². The maximum atomic E-state index is 11.1. The molecule has 1 aromatic carbocycles. The minimum absolute atomic E-state index is 0.209. The van der Waals surface area contributed by atoms with Gasteiger partial charge in [0, 0.05) is 6.92 Å². The maximum Gasteiger partial charge on any atom is 0.245 e. The van der Waals surface area contributed by atoms with E-state index in [1.165, 1.54) is 23.8 Å². The highest BCUT2D eigenvalue weighted by Gasteiger charge is 2.05. The molecule has 86 valence electrons. The number of carbonyl (C=O) groups excluding carboxylic acids is 1. The van der Waals surface area contributed by atoms with Crippen LogP contribution < -0.4 is 4.80 Å². The normalized spacial score (nSPS) is 11.7. The van der Waals surface area contributed by atoms with Crippen LogP contribution in [0.25, 0.3) is 10.2 Å². The van der Waals surface area contributed by atoms with E-state index in [0.717, 1.165) is 10.2 Å². The zero-order chi connectivity index (χ0) is 12.4. The van der Waals surface area contributed by atoms with Crippen molar-refractivity contribution < 1.29 is 4.79 Å². The molecule has 17 heavy (non-hydrogen) atoms. The minimum Gasteiger partial charge on any atom is -0.305 e. The van der Waals surface area contributed by atoms with Crippen molar-refractivity contribution in [3.05, 3.63) is 28.6 Å². The summed E-state index contributed by atoms with van der Waals surface area (Å²) in [5.74, 6) is 2.38. The number of fused-ring (bicyclic) bond motifs is 1. The third-order valence-electron chi connectivity index (χ3n) is 2.34. The standard InChI is InChI=1S/C13H12N2OS/c1-4-7-15-11-6-5-9(2)8-12(11)17-13(15)14-10(3)16/h1,5-6,8H,7H2,2-3H3. The molecule has 0 saturated carbocycles. The van der Waals surface area contributed by atoms with Gasteiger partial charge in [-0.05, 0) is 24.6 Å². The summed E-state index contributed by atoms with van der Waals surface area (Å²) in [5, 5.41) is 0. The SMILES string of the molecule is C#CCn1c(=NC(C)=O)sc2cc(C)ccc21. The van der Waals surface area contributed by atoms with Crippen LogP contribution >= 0.6 is 11.3 Å². The second-order valence-corrected chi connectivity index (χ2v) is 4.79. The minimum atomic E-state index is -0.209. The Morgan fingerprint density at radius 1 is 1.59 bits per heavy atom. The number of hydrogen-bond acceptors (Lipinski definition) is 2. The number of terminal acetylenes is 1. The smallest absolute Gasteiger partial charge is 0.245 e. The Morgan fingerprint density at radius 3 is 3.00 bits per heavy atom. The molecule has 0 N–H and O–H groups in total. The summed E-state index contributed by atoms with van der Waals surface area (Å²) in [5.41, 5.74) is 2.21. The van der Waals surface area contributed by atoms with Crippen LogP contribution in [-0.2, 0) is 11.3 Å². The number of carbonyl (C=O) groups is 1. The highest BCUT2D eigenvalue weighted by atomic mass is 32.1. The van der Waals surface area contributed by atoms with Crippen molar-refractivity contribution in [2.24, 2.45) is 4.99 Å². The van der Waals surface area contributed by atoms with Crippen molar-refractivity contribution in [3.8, 4) is 12.3 Å². The number of nitrogens with zero attached hydrogens (tertiary/aromatic N) is 2. The van der Waals surface area contributed by atoms with Crippen LogP contribution in [0.5, 0.6) is 0 Å². The quantitative estimate of drug-likeness (QED) is 0.707. The lowest BCUT2D eigenvalue weighted by molar-refractivity contribution is -0.116. The molecule has 0 bridgehead atoms. The monoisotopic (exact) mass is 244 g/mol. The number of aromatic nitrogens is 1. The summed E-state index contributed by atoms with van der Waals surface area (Å²) < 4.78 is 2.99. The Labute approximate surface area is 103 Å². The van der Waals surface area contributed by atoms with Crippen LogP contribution in [0, 0.1) is 19.3 Å². The molecule has 0 aliphatic carbocycles. The van der Waals surface area contributed by atoms with Crippen LogP contribution in [0.3, 0.4) is 0 Å². The van der Waals surface area contributed by atoms with Gasteiger partial charge in [-0.15, -0.1) is 6.42 Å². The first-order chi connectivity index (χ1) is 8.11. The van der Waals surface area contributed by atoms with Crippen LogP contribution in [0.4, 0.5) is 0 Å². The van der Waals surface area contributed by atoms with Crippen LogP contribution in [-0.4, -0.2) is 10.5 Å². The molecule has 2 rings (SSSR count). The molecule has 4 heteroatoms. The van der Waals surface area contributed by atoms with E-state index in [0.29, 0.717) is 11.3 Å². The maximum absolute atomic E-state index is 11.1. The van der Waals surface area contributed by atoms with Crippen molar-refractivity contribution in [2.45, 2.75) is 20.4 Å². The Kier molecular flexibility index (Phi) is 3.12. The van der Waals surface area contributed by atoms with Crippen molar-refractivity contribution in [1.82, 2.24) is 4.57 Å². The zero-order valence-electron chi connectivity index (χ0n) is 9.73. The van der Waals surface area contributed by atoms with Crippen LogP contribution in [0.2, 0.25) is 0 Å². The molecular formula is C13H12N2OS. The first-order valence-corrected chi connectivity index (χ1v) is 6.02. The molecule has 0 saturated heterocycles. The molecule has 0 atom stereocenters. The predicted octanol–water partition coefficient (Wildman–Crippen LogP) is 2.09. The fraction of sp³-hybridized carbons (Fsp3) is 0.231. The molecule has 0 aliphatic rings. The highest BCUT2D eigenvalue weighted by molar-refractivity contribution is 7.16. The van der Waals surface area contributed by atoms with Gasteiger partial charge in [-0.1, -0.05) is 23.3 Å². The van der Waals surface area contributed by atoms with Gasteiger partial charge in [0.1, 0.15) is 0 Å². The van der Waals surface area contributed by atoms with Gasteiger partial charge in [0.15, 0.2) is 4.80 Å². The fourth-order valence-electron chi connectivity index (χ4n) is 1.64. The molecule has 1 heterocycles. The second-order valence-electron chi connectivity index (χ2n) is 3.78. The van der Waals surface area contributed by atoms with Gasteiger partial charge >= 0.3 is 0 Å². The summed E-state index contributed by atoms with van der Waals surface area (Å²) in [7, 11) is 0. The van der Waals surface area contributed by atoms with Gasteiger partial charge in [0.05, 0.1) is 16.8 Å². The Morgan fingerprint density at radius 2 is 2.35 bits per heavy atom. The molecule has 0 radical (unpaired) electrons. The summed E-state index contributed by atoms with van der Waals surface area (Å²) in [6, 6.07) is 6.11. The first kappa shape index (κ1) is 11.6. The summed E-state index contributed by atoms with van der Waals surface area (Å²) in [6.07, 6.45) is 5.35. The number of rotatable bonds is 1. The molecule has 3 nitrogen and oxygen atoms in total. The zero-order valence-corrected chi connectivity index (χ0v) is 10.5. The van der Waals surface area contributed by atoms with Gasteiger partial charge in [-0.25, -0.2) is 0 Å². The largest absolute Gasteiger partial charge is 0.305 e. The predicted molar refractivity (Wildman–Crippen MR) is 69.6 cm³/mol. The third-order valence-corrected chi connectivity index (χ3v) is 3.38. The average molecular weight is 244 g/mol. The van der Waals surface area contributed by atoms with Crippen molar-refractivity contribution in [2.75, 3.05) is 0 Å². The van der Waals surface area contributed by atoms with Gasteiger partial charge < -0.3 is 4.57 Å². The lowest BCUT2D eigenvalue weighted by Crippen LogP contribution is -2.15. The second kappa shape index (κ2) is 4.56. The summed E-state index contributed by atoms with van der Waals surface area (Å²) in [6.45, 7) is 3.90. The van der Waals surface area contributed by atoms with Crippen molar-refractivity contribution in [3.63, 3.8) is 0 Å². The van der Waals surface area contributed by atoms with E-state index in [2.05, 4.69) is 17.0 Å². The van der Waals surface area contributed by atoms with E-state index in [4.69, 9.17) is 6.42 Å². The lowest BCUT2D eigenvalue weighted by Gasteiger charge is -1.99. The van der Waals surface area contributed by atoms with E-state index in [9.17, 15) is 4.79 Å². The molecule has 0 aliphatic heterocycles. The van der Waals surface area contributed by atoms with Crippen molar-refractivity contribution in [1.29, 1.82) is 0 Å². The Hall–Kier alpha value is -1.86. The fourth-order valence-corrected chi connectivity index (χ4v) is 2.82. The molecular weight excluding hydrogens is 232 g/mol. The first-order valence-electron chi connectivity index (χ1n) is 5.20. The van der Waals surface area contributed by atoms with Gasteiger partial charge in [0.2, 0.25) is 5.91 Å². The van der Waals surface area contributed by atoms with E-state index in [-0.39, 0.29) is 5.91 Å². The van der Waals surface area contributed by atoms with Gasteiger partial charge in [-0.2, -0.15) is 4.99 Å². The molecule has 1 aromatic heterocycles. The molecule has 0 fully saturated rings. The number of hydrogen-bond donors (Lipinski definition) is 0. The van der Waals surface area contributed by atoms with E-state index in [1.54, 1.807) is 0 Å². The van der Waals surface area contributed by atoms with Crippen molar-refractivity contribution >= 4 is 27.5 Å². The summed E-state index contributed by atoms with van der Waals surface area (Å²) in [4.78, 5) is 15.7. The Balaban J connectivity index is 2.80. The third kappa shape index (κ3) is 2.29. The van der Waals surface area contributed by atoms with Gasteiger partial charge in [-0.3, -0.25) is 4.79 Å². The van der Waals surface area contributed by atoms with E-state index < -0.39 is 0 Å². The Bertz CT molecular complexity index is 685. The number of benzene rings is 1. The number of thiazole rings is 1. The number of amides is 1. The topological polar surface area (TPSA) is 34.4 Å². The van der Waals surface area contributed by atoms with Gasteiger partial charge in [0.25, 0.3) is 0 Å². The summed E-state index contributed by atoms with van der Waals surface area (Å²) >= 11 is 1.49. The number of aryl methyl sites for hydroxylation is 1. The lowest BCUT2D eigenvalue weighted by atomic mass is 10.2. The average Bonchev–Trinajstić information content (AvgIpc) is 2.55. The van der Waals surface area contributed by atoms with Crippen LogP contribution in [0.1, 0.15) is 12.5 Å². The molecule has 0 spiro atoms. The molecule has 0 unspecified atom stereocenters. The molecule has 2 aromatic rings. The molecule has 1 amide bonds.